The molecule has 2 aromatic heterocycles. The molecule has 7 nitrogen and oxygen atoms in total. The number of imide groups is 1. The predicted molar refractivity (Wildman–Crippen MR) is 117 cm³/mol. The van der Waals surface area contributed by atoms with Crippen LogP contribution in [0.3, 0.4) is 0 Å². The summed E-state index contributed by atoms with van der Waals surface area (Å²) in [5.41, 5.74) is 3.69. The lowest BCUT2D eigenvalue weighted by Gasteiger charge is -2.27. The zero-order valence-electron chi connectivity index (χ0n) is 17.6. The molecular weight excluding hydrogens is 408 g/mol. The fraction of sp³-hybridized carbons (Fsp3) is 0.280. The van der Waals surface area contributed by atoms with Crippen LogP contribution >= 0.6 is 0 Å². The number of amides is 2. The normalized spacial score (nSPS) is 22.0. The third-order valence-electron chi connectivity index (χ3n) is 5.92. The van der Waals surface area contributed by atoms with Crippen LogP contribution in [-0.4, -0.2) is 28.9 Å². The number of fused-ring (bicyclic) bond motifs is 2. The number of esters is 1. The van der Waals surface area contributed by atoms with Crippen LogP contribution in [0.5, 0.6) is 0 Å². The maximum Gasteiger partial charge on any atom is 0.339 e. The number of piperidine rings is 1. The van der Waals surface area contributed by atoms with Crippen LogP contribution in [0.25, 0.3) is 22.6 Å². The lowest BCUT2D eigenvalue weighted by Crippen LogP contribution is -2.46. The number of nitrogens with zero attached hydrogens (tertiary/aromatic N) is 1. The molecule has 3 aromatic rings. The molecule has 2 aliphatic rings. The Morgan fingerprint density at radius 2 is 2.03 bits per heavy atom. The van der Waals surface area contributed by atoms with E-state index < -0.39 is 18.0 Å². The molecule has 1 aliphatic carbocycles. The zero-order valence-corrected chi connectivity index (χ0v) is 17.6. The Kier molecular flexibility index (Phi) is 5.09. The van der Waals surface area contributed by atoms with Gasteiger partial charge in [-0.25, -0.2) is 9.78 Å². The number of para-hydroxylation sites is 1. The summed E-state index contributed by atoms with van der Waals surface area (Å²) in [6.45, 7) is 2.13. The number of hydrogen-bond acceptors (Lipinski definition) is 6. The Balaban J connectivity index is 1.62. The number of pyridine rings is 1. The highest BCUT2D eigenvalue weighted by Crippen LogP contribution is 2.39. The van der Waals surface area contributed by atoms with Crippen LogP contribution in [-0.2, 0) is 20.7 Å². The SMILES string of the molecule is CC1C/C(=C/c2ccco2)c2nc3ccccc3c(C(=O)OC3CCC(=O)NC3=O)c2C1. The number of benzene rings is 1. The van der Waals surface area contributed by atoms with Crippen LogP contribution in [0.1, 0.15) is 53.6 Å². The maximum absolute atomic E-state index is 13.4. The number of ether oxygens (including phenoxy) is 1. The fourth-order valence-electron chi connectivity index (χ4n) is 4.49. The molecule has 0 saturated carbocycles. The summed E-state index contributed by atoms with van der Waals surface area (Å²) in [5.74, 6) is -0.485. The second-order valence-corrected chi connectivity index (χ2v) is 8.37. The molecular formula is C25H22N2O5. The molecule has 5 rings (SSSR count). The van der Waals surface area contributed by atoms with Gasteiger partial charge >= 0.3 is 5.97 Å². The molecule has 1 saturated heterocycles. The second kappa shape index (κ2) is 8.07. The van der Waals surface area contributed by atoms with Crippen molar-refractivity contribution in [2.75, 3.05) is 0 Å². The number of aromatic nitrogens is 1. The van der Waals surface area contributed by atoms with Crippen LogP contribution in [0.2, 0.25) is 0 Å². The van der Waals surface area contributed by atoms with Gasteiger partial charge in [0.05, 0.1) is 23.0 Å². The highest BCUT2D eigenvalue weighted by molar-refractivity contribution is 6.08. The minimum atomic E-state index is -0.984. The standard InChI is InChI=1S/C25H22N2O5/c1-14-11-15(13-16-5-4-10-31-16)23-18(12-14)22(17-6-2-3-7-19(17)26-23)25(30)32-20-8-9-21(28)27-24(20)29/h2-7,10,13-14,20H,8-9,11-12H2,1H3,(H,27,28,29)/b15-13-. The van der Waals surface area contributed by atoms with Crippen molar-refractivity contribution in [2.45, 2.75) is 38.7 Å². The number of carbonyl (C=O) groups is 3. The first-order chi connectivity index (χ1) is 15.5. The maximum atomic E-state index is 13.4. The number of rotatable bonds is 3. The van der Waals surface area contributed by atoms with E-state index in [0.29, 0.717) is 22.9 Å². The van der Waals surface area contributed by atoms with Gasteiger partial charge in [-0.1, -0.05) is 25.1 Å². The average molecular weight is 430 g/mol. The lowest BCUT2D eigenvalue weighted by atomic mass is 9.81. The molecule has 0 spiro atoms. The van der Waals surface area contributed by atoms with E-state index in [1.165, 1.54) is 0 Å². The van der Waals surface area contributed by atoms with E-state index in [-0.39, 0.29) is 24.7 Å². The van der Waals surface area contributed by atoms with Crippen molar-refractivity contribution in [3.63, 3.8) is 0 Å². The van der Waals surface area contributed by atoms with Crippen LogP contribution in [0.15, 0.2) is 47.1 Å². The lowest BCUT2D eigenvalue weighted by molar-refractivity contribution is -0.140. The highest BCUT2D eigenvalue weighted by Gasteiger charge is 2.33. The Hall–Kier alpha value is -3.74. The van der Waals surface area contributed by atoms with Crippen LogP contribution in [0, 0.1) is 5.92 Å². The van der Waals surface area contributed by atoms with Gasteiger partial charge in [0.15, 0.2) is 6.10 Å². The van der Waals surface area contributed by atoms with Gasteiger partial charge in [0.1, 0.15) is 5.76 Å². The van der Waals surface area contributed by atoms with Crippen molar-refractivity contribution in [2.24, 2.45) is 5.92 Å². The van der Waals surface area contributed by atoms with Crippen molar-refractivity contribution < 1.29 is 23.5 Å². The van der Waals surface area contributed by atoms with Crippen molar-refractivity contribution >= 4 is 40.3 Å². The summed E-state index contributed by atoms with van der Waals surface area (Å²) >= 11 is 0. The first-order valence-electron chi connectivity index (χ1n) is 10.7. The summed E-state index contributed by atoms with van der Waals surface area (Å²) in [6.07, 6.45) is 4.40. The van der Waals surface area contributed by atoms with Gasteiger partial charge in [0, 0.05) is 18.2 Å². The Morgan fingerprint density at radius 3 is 2.81 bits per heavy atom. The minimum absolute atomic E-state index is 0.145. The molecule has 1 aromatic carbocycles. The van der Waals surface area contributed by atoms with E-state index in [9.17, 15) is 14.4 Å². The highest BCUT2D eigenvalue weighted by atomic mass is 16.5. The molecule has 162 valence electrons. The van der Waals surface area contributed by atoms with Gasteiger partial charge in [0.25, 0.3) is 5.91 Å². The first-order valence-corrected chi connectivity index (χ1v) is 10.7. The molecule has 1 aliphatic heterocycles. The summed E-state index contributed by atoms with van der Waals surface area (Å²) in [6, 6.07) is 11.1. The topological polar surface area (TPSA) is 98.5 Å². The largest absolute Gasteiger partial charge is 0.465 e. The Labute approximate surface area is 184 Å². The van der Waals surface area contributed by atoms with Gasteiger partial charge < -0.3 is 9.15 Å². The van der Waals surface area contributed by atoms with Gasteiger partial charge in [0.2, 0.25) is 5.91 Å². The number of hydrogen-bond donors (Lipinski definition) is 1. The molecule has 32 heavy (non-hydrogen) atoms. The van der Waals surface area contributed by atoms with Gasteiger partial charge in [-0.3, -0.25) is 14.9 Å². The summed E-state index contributed by atoms with van der Waals surface area (Å²) in [5, 5.41) is 2.93. The predicted octanol–water partition coefficient (Wildman–Crippen LogP) is 3.91. The Bertz CT molecular complexity index is 1260. The van der Waals surface area contributed by atoms with Gasteiger partial charge in [-0.15, -0.1) is 0 Å². The molecule has 2 amide bonds. The van der Waals surface area contributed by atoms with E-state index in [2.05, 4.69) is 12.2 Å². The molecule has 3 heterocycles. The minimum Gasteiger partial charge on any atom is -0.465 e. The molecule has 2 unspecified atom stereocenters. The third kappa shape index (κ3) is 3.70. The molecule has 7 heteroatoms. The van der Waals surface area contributed by atoms with E-state index in [1.54, 1.807) is 6.26 Å². The van der Waals surface area contributed by atoms with E-state index in [1.807, 2.05) is 42.5 Å². The monoisotopic (exact) mass is 430 g/mol. The molecule has 2 atom stereocenters. The zero-order chi connectivity index (χ0) is 22.2. The smallest absolute Gasteiger partial charge is 0.339 e. The van der Waals surface area contributed by atoms with Crippen molar-refractivity contribution in [1.29, 1.82) is 0 Å². The molecule has 0 bridgehead atoms. The first kappa shape index (κ1) is 20.2. The summed E-state index contributed by atoms with van der Waals surface area (Å²) in [7, 11) is 0. The summed E-state index contributed by atoms with van der Waals surface area (Å²) in [4.78, 5) is 41.9. The second-order valence-electron chi connectivity index (χ2n) is 8.37. The number of carbonyl (C=O) groups excluding carboxylic acids is 3. The van der Waals surface area contributed by atoms with E-state index in [4.69, 9.17) is 14.1 Å². The molecule has 1 fully saturated rings. The number of nitrogens with one attached hydrogen (secondary N) is 1. The van der Waals surface area contributed by atoms with Crippen LogP contribution in [0.4, 0.5) is 0 Å². The fourth-order valence-corrected chi connectivity index (χ4v) is 4.49. The third-order valence-corrected chi connectivity index (χ3v) is 5.92. The summed E-state index contributed by atoms with van der Waals surface area (Å²) < 4.78 is 11.1. The quantitative estimate of drug-likeness (QED) is 0.500. The number of furan rings is 1. The molecule has 1 N–H and O–H groups in total. The van der Waals surface area contributed by atoms with E-state index in [0.717, 1.165) is 29.0 Å². The van der Waals surface area contributed by atoms with Crippen molar-refractivity contribution in [3.8, 4) is 0 Å². The van der Waals surface area contributed by atoms with Crippen molar-refractivity contribution in [1.82, 2.24) is 10.3 Å². The molecule has 0 radical (unpaired) electrons. The number of allylic oxidation sites excluding steroid dienone is 1. The van der Waals surface area contributed by atoms with Crippen molar-refractivity contribution in [3.05, 3.63) is 65.2 Å². The Morgan fingerprint density at radius 1 is 1.19 bits per heavy atom. The average Bonchev–Trinajstić information content (AvgIpc) is 3.27. The van der Waals surface area contributed by atoms with Gasteiger partial charge in [-0.05, 0) is 54.2 Å². The van der Waals surface area contributed by atoms with Gasteiger partial charge in [-0.2, -0.15) is 0 Å². The van der Waals surface area contributed by atoms with Crippen LogP contribution < -0.4 is 5.32 Å². The van der Waals surface area contributed by atoms with E-state index >= 15 is 0 Å².